The van der Waals surface area contributed by atoms with Crippen molar-refractivity contribution in [1.29, 1.82) is 0 Å². The maximum Gasteiger partial charge on any atom is 0.129 e. The number of pyridine rings is 1. The van der Waals surface area contributed by atoms with Gasteiger partial charge in [-0.2, -0.15) is 0 Å². The van der Waals surface area contributed by atoms with Gasteiger partial charge in [0.1, 0.15) is 5.82 Å². The molecule has 0 spiro atoms. The zero-order valence-electron chi connectivity index (χ0n) is 13.5. The number of halogens is 1. The van der Waals surface area contributed by atoms with Crippen LogP contribution >= 0.6 is 11.6 Å². The monoisotopic (exact) mass is 309 g/mol. The summed E-state index contributed by atoms with van der Waals surface area (Å²) in [6, 6.07) is 3.26. The summed E-state index contributed by atoms with van der Waals surface area (Å²) in [5.41, 5.74) is 1.14. The van der Waals surface area contributed by atoms with Crippen molar-refractivity contribution >= 4 is 17.4 Å². The fourth-order valence-corrected chi connectivity index (χ4v) is 3.24. The molecule has 1 heterocycles. The molecule has 4 heteroatoms. The number of nitrogens with zero attached hydrogens (tertiary/aromatic N) is 2. The van der Waals surface area contributed by atoms with Crippen LogP contribution in [0.5, 0.6) is 0 Å². The summed E-state index contributed by atoms with van der Waals surface area (Å²) in [6.45, 7) is 8.33. The molecule has 0 atom stereocenters. The molecule has 21 heavy (non-hydrogen) atoms. The van der Waals surface area contributed by atoms with Gasteiger partial charge >= 0.3 is 0 Å². The van der Waals surface area contributed by atoms with Crippen molar-refractivity contribution in [3.05, 3.63) is 22.8 Å². The molecule has 1 fully saturated rings. The van der Waals surface area contributed by atoms with Gasteiger partial charge < -0.3 is 10.2 Å². The lowest BCUT2D eigenvalue weighted by atomic mass is 9.94. The summed E-state index contributed by atoms with van der Waals surface area (Å²) in [5, 5.41) is 4.19. The van der Waals surface area contributed by atoms with Crippen LogP contribution in [-0.2, 0) is 6.54 Å². The highest BCUT2D eigenvalue weighted by atomic mass is 35.5. The molecule has 1 N–H and O–H groups in total. The molecule has 1 aromatic rings. The molecule has 1 aromatic heterocycles. The van der Waals surface area contributed by atoms with Crippen molar-refractivity contribution in [3.63, 3.8) is 0 Å². The van der Waals surface area contributed by atoms with Crippen LogP contribution in [0.15, 0.2) is 12.3 Å². The molecule has 2 rings (SSSR count). The normalized spacial score (nSPS) is 16.4. The Kier molecular flexibility index (Phi) is 6.31. The molecule has 0 amide bonds. The van der Waals surface area contributed by atoms with Crippen LogP contribution in [0.4, 0.5) is 5.82 Å². The van der Waals surface area contributed by atoms with E-state index in [0.717, 1.165) is 29.5 Å². The van der Waals surface area contributed by atoms with E-state index in [0.29, 0.717) is 12.1 Å². The second-order valence-electron chi connectivity index (χ2n) is 6.25. The molecule has 1 aliphatic rings. The molecule has 0 unspecified atom stereocenters. The highest BCUT2D eigenvalue weighted by Gasteiger charge is 2.21. The van der Waals surface area contributed by atoms with Crippen LogP contribution in [0, 0.1) is 0 Å². The molecular formula is C17H28ClN3. The van der Waals surface area contributed by atoms with Crippen molar-refractivity contribution in [1.82, 2.24) is 10.3 Å². The smallest absolute Gasteiger partial charge is 0.129 e. The summed E-state index contributed by atoms with van der Waals surface area (Å²) in [5.74, 6) is 1.08. The SMILES string of the molecule is CCN(c1cc(CNC(C)C)c(Cl)cn1)C1CCCCC1. The van der Waals surface area contributed by atoms with E-state index in [1.807, 2.05) is 0 Å². The molecule has 0 bridgehead atoms. The Hall–Kier alpha value is -0.800. The third-order valence-corrected chi connectivity index (χ3v) is 4.61. The molecule has 0 aliphatic heterocycles. The maximum absolute atomic E-state index is 6.29. The molecule has 3 nitrogen and oxygen atoms in total. The Morgan fingerprint density at radius 1 is 1.33 bits per heavy atom. The second kappa shape index (κ2) is 8.00. The lowest BCUT2D eigenvalue weighted by Gasteiger charge is -2.34. The fourth-order valence-electron chi connectivity index (χ4n) is 3.07. The van der Waals surface area contributed by atoms with Gasteiger partial charge in [-0.05, 0) is 31.4 Å². The van der Waals surface area contributed by atoms with E-state index in [2.05, 4.69) is 42.0 Å². The van der Waals surface area contributed by atoms with Crippen LogP contribution < -0.4 is 10.2 Å². The predicted octanol–water partition coefficient (Wildman–Crippen LogP) is 4.39. The van der Waals surface area contributed by atoms with Gasteiger partial charge in [0.2, 0.25) is 0 Å². The second-order valence-corrected chi connectivity index (χ2v) is 6.65. The molecule has 0 aromatic carbocycles. The average Bonchev–Trinajstić information content (AvgIpc) is 2.49. The van der Waals surface area contributed by atoms with Gasteiger partial charge in [0, 0.05) is 31.4 Å². The molecule has 1 saturated carbocycles. The molecule has 0 radical (unpaired) electrons. The fraction of sp³-hybridized carbons (Fsp3) is 0.706. The Bertz CT molecular complexity index is 442. The predicted molar refractivity (Wildman–Crippen MR) is 91.1 cm³/mol. The topological polar surface area (TPSA) is 28.2 Å². The summed E-state index contributed by atoms with van der Waals surface area (Å²) in [7, 11) is 0. The number of anilines is 1. The minimum Gasteiger partial charge on any atom is -0.354 e. The maximum atomic E-state index is 6.29. The number of aromatic nitrogens is 1. The zero-order valence-corrected chi connectivity index (χ0v) is 14.3. The van der Waals surface area contributed by atoms with Crippen LogP contribution in [0.2, 0.25) is 5.02 Å². The van der Waals surface area contributed by atoms with Crippen molar-refractivity contribution < 1.29 is 0 Å². The number of hydrogen-bond donors (Lipinski definition) is 1. The van der Waals surface area contributed by atoms with Gasteiger partial charge in [-0.15, -0.1) is 0 Å². The summed E-state index contributed by atoms with van der Waals surface area (Å²) in [4.78, 5) is 7.03. The van der Waals surface area contributed by atoms with Gasteiger partial charge in [0.15, 0.2) is 0 Å². The molecular weight excluding hydrogens is 282 g/mol. The van der Waals surface area contributed by atoms with Crippen molar-refractivity contribution in [3.8, 4) is 0 Å². The molecule has 1 aliphatic carbocycles. The number of nitrogens with one attached hydrogen (secondary N) is 1. The van der Waals surface area contributed by atoms with Gasteiger partial charge in [-0.25, -0.2) is 4.98 Å². The zero-order chi connectivity index (χ0) is 15.2. The summed E-state index contributed by atoms with van der Waals surface area (Å²) < 4.78 is 0. The van der Waals surface area contributed by atoms with E-state index in [4.69, 9.17) is 11.6 Å². The van der Waals surface area contributed by atoms with Crippen LogP contribution in [0.25, 0.3) is 0 Å². The van der Waals surface area contributed by atoms with E-state index in [9.17, 15) is 0 Å². The van der Waals surface area contributed by atoms with Crippen molar-refractivity contribution in [2.24, 2.45) is 0 Å². The van der Waals surface area contributed by atoms with E-state index in [-0.39, 0.29) is 0 Å². The van der Waals surface area contributed by atoms with Gasteiger partial charge in [0.25, 0.3) is 0 Å². The number of hydrogen-bond acceptors (Lipinski definition) is 3. The number of rotatable bonds is 6. The first-order chi connectivity index (χ1) is 10.1. The molecule has 118 valence electrons. The third kappa shape index (κ3) is 4.58. The first kappa shape index (κ1) is 16.6. The average molecular weight is 310 g/mol. The lowest BCUT2D eigenvalue weighted by molar-refractivity contribution is 0.416. The van der Waals surface area contributed by atoms with Crippen molar-refractivity contribution in [2.45, 2.75) is 71.5 Å². The molecule has 0 saturated heterocycles. The largest absolute Gasteiger partial charge is 0.354 e. The standard InChI is InChI=1S/C17H28ClN3/c1-4-21(15-8-6-5-7-9-15)17-10-14(11-19-13(2)3)16(18)12-20-17/h10,12-13,15,19H,4-9,11H2,1-3H3. The minimum atomic E-state index is 0.457. The Labute approximate surface area is 134 Å². The lowest BCUT2D eigenvalue weighted by Crippen LogP contribution is -2.37. The van der Waals surface area contributed by atoms with Gasteiger partial charge in [-0.1, -0.05) is 44.7 Å². The quantitative estimate of drug-likeness (QED) is 0.844. The minimum absolute atomic E-state index is 0.457. The van der Waals surface area contributed by atoms with E-state index in [1.165, 1.54) is 32.1 Å². The Balaban J connectivity index is 2.14. The van der Waals surface area contributed by atoms with E-state index in [1.54, 1.807) is 6.20 Å². The van der Waals surface area contributed by atoms with Gasteiger partial charge in [0.05, 0.1) is 5.02 Å². The highest BCUT2D eigenvalue weighted by Crippen LogP contribution is 2.28. The van der Waals surface area contributed by atoms with Crippen LogP contribution in [0.1, 0.15) is 58.4 Å². The summed E-state index contributed by atoms with van der Waals surface area (Å²) in [6.07, 6.45) is 8.45. The highest BCUT2D eigenvalue weighted by molar-refractivity contribution is 6.31. The van der Waals surface area contributed by atoms with Crippen LogP contribution in [-0.4, -0.2) is 23.6 Å². The van der Waals surface area contributed by atoms with Gasteiger partial charge in [-0.3, -0.25) is 0 Å². The Morgan fingerprint density at radius 3 is 2.67 bits per heavy atom. The third-order valence-electron chi connectivity index (χ3n) is 4.27. The van der Waals surface area contributed by atoms with Crippen molar-refractivity contribution in [2.75, 3.05) is 11.4 Å². The van der Waals surface area contributed by atoms with E-state index >= 15 is 0 Å². The van der Waals surface area contributed by atoms with Crippen LogP contribution in [0.3, 0.4) is 0 Å². The van der Waals surface area contributed by atoms with E-state index < -0.39 is 0 Å². The summed E-state index contributed by atoms with van der Waals surface area (Å²) >= 11 is 6.29. The first-order valence-corrected chi connectivity index (χ1v) is 8.64. The Morgan fingerprint density at radius 2 is 2.05 bits per heavy atom. The first-order valence-electron chi connectivity index (χ1n) is 8.26.